The maximum Gasteiger partial charge on any atom is 0.242 e. The van der Waals surface area contributed by atoms with Gasteiger partial charge in [0.1, 0.15) is 4.90 Å². The van der Waals surface area contributed by atoms with Gasteiger partial charge in [0.15, 0.2) is 0 Å². The molecule has 0 radical (unpaired) electrons. The summed E-state index contributed by atoms with van der Waals surface area (Å²) in [4.78, 5) is 3.14. The second-order valence-corrected chi connectivity index (χ2v) is 8.98. The highest BCUT2D eigenvalue weighted by Crippen LogP contribution is 2.31. The third kappa shape index (κ3) is 3.61. The first-order chi connectivity index (χ1) is 9.47. The quantitative estimate of drug-likeness (QED) is 0.786. The Morgan fingerprint density at radius 1 is 1.60 bits per heavy atom. The number of halogens is 1. The minimum atomic E-state index is -3.52. The molecule has 1 fully saturated rings. The predicted octanol–water partition coefficient (Wildman–Crippen LogP) is 1.77. The van der Waals surface area contributed by atoms with E-state index >= 15 is 0 Å². The zero-order valence-corrected chi connectivity index (χ0v) is 14.5. The van der Waals surface area contributed by atoms with Crippen molar-refractivity contribution in [3.63, 3.8) is 0 Å². The molecule has 1 aliphatic rings. The lowest BCUT2D eigenvalue weighted by Crippen LogP contribution is -2.39. The molecular weight excluding hydrogens is 364 g/mol. The van der Waals surface area contributed by atoms with E-state index in [-0.39, 0.29) is 17.5 Å². The van der Waals surface area contributed by atoms with E-state index < -0.39 is 10.0 Å². The van der Waals surface area contributed by atoms with E-state index in [4.69, 9.17) is 5.11 Å². The fraction of sp³-hybridized carbons (Fsp3) is 0.667. The fourth-order valence-corrected chi connectivity index (χ4v) is 6.10. The maximum atomic E-state index is 12.3. The van der Waals surface area contributed by atoms with Gasteiger partial charge in [0, 0.05) is 17.5 Å². The Labute approximate surface area is 132 Å². The molecule has 0 spiro atoms. The number of thiophene rings is 1. The normalized spacial score (nSPS) is 20.6. The highest BCUT2D eigenvalue weighted by molar-refractivity contribution is 9.11. The molecule has 20 heavy (non-hydrogen) atoms. The summed E-state index contributed by atoms with van der Waals surface area (Å²) in [5, 5.41) is 9.08. The van der Waals surface area contributed by atoms with E-state index in [9.17, 15) is 8.42 Å². The second-order valence-electron chi connectivity index (χ2n) is 4.79. The molecule has 1 unspecified atom stereocenters. The highest BCUT2D eigenvalue weighted by Gasteiger charge is 2.26. The number of likely N-dealkylation sites (N-methyl/N-ethyl adjacent to an activating group) is 1. The standard InChI is InChI=1S/C12H19BrN2O3S2/c1-2-15-5-3-4-9(15)7-14-20(17,18)11-6-10(8-16)19-12(11)13/h6,9,14,16H,2-5,7-8H2,1H3. The zero-order valence-electron chi connectivity index (χ0n) is 11.3. The lowest BCUT2D eigenvalue weighted by Gasteiger charge is -2.22. The summed E-state index contributed by atoms with van der Waals surface area (Å²) in [5.41, 5.74) is 0. The van der Waals surface area contributed by atoms with Crippen LogP contribution in [0.25, 0.3) is 0 Å². The van der Waals surface area contributed by atoms with Gasteiger partial charge >= 0.3 is 0 Å². The van der Waals surface area contributed by atoms with Gasteiger partial charge in [-0.1, -0.05) is 6.92 Å². The largest absolute Gasteiger partial charge is 0.391 e. The molecule has 1 atom stereocenters. The molecule has 2 rings (SSSR count). The molecule has 5 nitrogen and oxygen atoms in total. The number of likely N-dealkylation sites (tertiary alicyclic amines) is 1. The van der Waals surface area contributed by atoms with Crippen molar-refractivity contribution < 1.29 is 13.5 Å². The van der Waals surface area contributed by atoms with Gasteiger partial charge in [-0.25, -0.2) is 13.1 Å². The number of aliphatic hydroxyl groups is 1. The summed E-state index contributed by atoms with van der Waals surface area (Å²) in [5.74, 6) is 0. The fourth-order valence-electron chi connectivity index (χ4n) is 2.49. The monoisotopic (exact) mass is 382 g/mol. The second kappa shape index (κ2) is 6.85. The van der Waals surface area contributed by atoms with E-state index in [1.165, 1.54) is 17.4 Å². The van der Waals surface area contributed by atoms with Crippen molar-refractivity contribution in [3.8, 4) is 0 Å². The van der Waals surface area contributed by atoms with Crippen molar-refractivity contribution in [3.05, 3.63) is 14.7 Å². The topological polar surface area (TPSA) is 69.6 Å². The van der Waals surface area contributed by atoms with Crippen molar-refractivity contribution in [2.24, 2.45) is 0 Å². The third-order valence-electron chi connectivity index (χ3n) is 3.57. The number of hydrogen-bond donors (Lipinski definition) is 2. The molecule has 0 amide bonds. The number of aliphatic hydroxyl groups excluding tert-OH is 1. The Balaban J connectivity index is 2.05. The van der Waals surface area contributed by atoms with Gasteiger partial charge in [-0.15, -0.1) is 11.3 Å². The van der Waals surface area contributed by atoms with Gasteiger partial charge in [-0.05, 0) is 47.9 Å². The molecule has 0 bridgehead atoms. The molecule has 0 aliphatic carbocycles. The first-order valence-corrected chi connectivity index (χ1v) is 9.70. The molecule has 114 valence electrons. The van der Waals surface area contributed by atoms with Crippen molar-refractivity contribution in [1.82, 2.24) is 9.62 Å². The number of nitrogens with one attached hydrogen (secondary N) is 1. The minimum Gasteiger partial charge on any atom is -0.391 e. The minimum absolute atomic E-state index is 0.148. The number of sulfonamides is 1. The van der Waals surface area contributed by atoms with E-state index in [0.717, 1.165) is 25.9 Å². The Morgan fingerprint density at radius 2 is 2.35 bits per heavy atom. The van der Waals surface area contributed by atoms with Crippen molar-refractivity contribution in [2.45, 2.75) is 37.3 Å². The smallest absolute Gasteiger partial charge is 0.242 e. The highest BCUT2D eigenvalue weighted by atomic mass is 79.9. The Hall–Kier alpha value is 0.01000. The first kappa shape index (κ1) is 16.4. The van der Waals surface area contributed by atoms with Crippen LogP contribution in [0.5, 0.6) is 0 Å². The third-order valence-corrected chi connectivity index (χ3v) is 7.23. The van der Waals surface area contributed by atoms with Crippen molar-refractivity contribution in [2.75, 3.05) is 19.6 Å². The van der Waals surface area contributed by atoms with Crippen LogP contribution in [0.4, 0.5) is 0 Å². The lowest BCUT2D eigenvalue weighted by atomic mass is 10.2. The lowest BCUT2D eigenvalue weighted by molar-refractivity contribution is 0.268. The summed E-state index contributed by atoms with van der Waals surface area (Å²) in [7, 11) is -3.52. The Kier molecular flexibility index (Phi) is 5.61. The van der Waals surface area contributed by atoms with Crippen LogP contribution in [-0.2, 0) is 16.6 Å². The van der Waals surface area contributed by atoms with Crippen LogP contribution in [0.1, 0.15) is 24.6 Å². The van der Waals surface area contributed by atoms with Gasteiger partial charge in [0.2, 0.25) is 10.0 Å². The van der Waals surface area contributed by atoms with Gasteiger partial charge in [-0.2, -0.15) is 0 Å². The number of hydrogen-bond acceptors (Lipinski definition) is 5. The maximum absolute atomic E-state index is 12.3. The molecular formula is C12H19BrN2O3S2. The molecule has 0 aromatic carbocycles. The van der Waals surface area contributed by atoms with Crippen LogP contribution < -0.4 is 4.72 Å². The van der Waals surface area contributed by atoms with Crippen molar-refractivity contribution >= 4 is 37.3 Å². The van der Waals surface area contributed by atoms with Crippen molar-refractivity contribution in [1.29, 1.82) is 0 Å². The summed E-state index contributed by atoms with van der Waals surface area (Å²) in [6, 6.07) is 1.80. The summed E-state index contributed by atoms with van der Waals surface area (Å²) in [6.45, 7) is 4.37. The van der Waals surface area contributed by atoms with Crippen LogP contribution >= 0.6 is 27.3 Å². The Bertz CT molecular complexity index is 559. The van der Waals surface area contributed by atoms with Crippen LogP contribution in [0.2, 0.25) is 0 Å². The SMILES string of the molecule is CCN1CCCC1CNS(=O)(=O)c1cc(CO)sc1Br. The van der Waals surface area contributed by atoms with Gasteiger partial charge in [-0.3, -0.25) is 4.90 Å². The van der Waals surface area contributed by atoms with Crippen LogP contribution in [0.3, 0.4) is 0 Å². The van der Waals surface area contributed by atoms with Gasteiger partial charge in [0.05, 0.1) is 10.4 Å². The number of nitrogens with zero attached hydrogens (tertiary/aromatic N) is 1. The van der Waals surface area contributed by atoms with Crippen LogP contribution in [0, 0.1) is 0 Å². The molecule has 1 aromatic rings. The molecule has 1 saturated heterocycles. The molecule has 2 N–H and O–H groups in total. The van der Waals surface area contributed by atoms with E-state index in [0.29, 0.717) is 15.2 Å². The number of rotatable bonds is 6. The van der Waals surface area contributed by atoms with Crippen LogP contribution in [0.15, 0.2) is 14.7 Å². The summed E-state index contributed by atoms with van der Waals surface area (Å²) >= 11 is 4.49. The molecule has 1 aliphatic heterocycles. The summed E-state index contributed by atoms with van der Waals surface area (Å²) in [6.07, 6.45) is 2.15. The first-order valence-electron chi connectivity index (χ1n) is 6.60. The Morgan fingerprint density at radius 3 is 2.95 bits per heavy atom. The predicted molar refractivity (Wildman–Crippen MR) is 83.4 cm³/mol. The van der Waals surface area contributed by atoms with Crippen LogP contribution in [-0.4, -0.2) is 44.1 Å². The summed E-state index contributed by atoms with van der Waals surface area (Å²) < 4.78 is 27.8. The average molecular weight is 383 g/mol. The average Bonchev–Trinajstić information content (AvgIpc) is 3.02. The molecule has 2 heterocycles. The molecule has 1 aromatic heterocycles. The molecule has 0 saturated carbocycles. The van der Waals surface area contributed by atoms with E-state index in [1.807, 2.05) is 0 Å². The van der Waals surface area contributed by atoms with Gasteiger partial charge in [0.25, 0.3) is 0 Å². The van der Waals surface area contributed by atoms with Gasteiger partial charge < -0.3 is 5.11 Å². The van der Waals surface area contributed by atoms with E-state index in [1.54, 1.807) is 0 Å². The zero-order chi connectivity index (χ0) is 14.8. The van der Waals surface area contributed by atoms with E-state index in [2.05, 4.69) is 32.5 Å². The molecule has 8 heteroatoms.